The second kappa shape index (κ2) is 9.88. The van der Waals surface area contributed by atoms with Gasteiger partial charge in [-0.3, -0.25) is 9.59 Å². The number of rotatable bonds is 7. The van der Waals surface area contributed by atoms with Crippen molar-refractivity contribution in [2.75, 3.05) is 5.75 Å². The Morgan fingerprint density at radius 3 is 2.58 bits per heavy atom. The number of nitrogens with one attached hydrogen (secondary N) is 1. The van der Waals surface area contributed by atoms with Crippen LogP contribution in [0.1, 0.15) is 54.6 Å². The fraction of sp³-hybridized carbons (Fsp3) is 0.450. The third-order valence-electron chi connectivity index (χ3n) is 4.52. The molecule has 4 nitrogen and oxygen atoms in total. The van der Waals surface area contributed by atoms with Crippen LogP contribution in [0.4, 0.5) is 0 Å². The summed E-state index contributed by atoms with van der Waals surface area (Å²) in [6, 6.07) is 9.61. The van der Waals surface area contributed by atoms with Gasteiger partial charge >= 0.3 is 0 Å². The lowest BCUT2D eigenvalue weighted by Gasteiger charge is -2.15. The Bertz CT molecular complexity index is 722. The molecular formula is C20H24N2O2S2. The molecule has 1 aromatic heterocycles. The Morgan fingerprint density at radius 1 is 1.12 bits per heavy atom. The lowest BCUT2D eigenvalue weighted by molar-refractivity contribution is -0.121. The first-order valence-corrected chi connectivity index (χ1v) is 11.0. The molecule has 0 radical (unpaired) electrons. The normalized spacial score (nSPS) is 15.4. The van der Waals surface area contributed by atoms with Crippen LogP contribution in [-0.4, -0.2) is 28.5 Å². The first kappa shape index (κ1) is 19.1. The maximum absolute atomic E-state index is 12.2. The monoisotopic (exact) mass is 388 g/mol. The topological polar surface area (TPSA) is 59.1 Å². The number of thiazole rings is 1. The van der Waals surface area contributed by atoms with E-state index < -0.39 is 0 Å². The van der Waals surface area contributed by atoms with Crippen molar-refractivity contribution in [1.82, 2.24) is 10.3 Å². The van der Waals surface area contributed by atoms with E-state index in [1.165, 1.54) is 48.8 Å². The molecule has 1 N–H and O–H groups in total. The van der Waals surface area contributed by atoms with E-state index in [0.717, 1.165) is 28.4 Å². The highest BCUT2D eigenvalue weighted by Gasteiger charge is 2.16. The number of thioether (sulfide) groups is 1. The number of carbonyl (C=O) groups excluding carboxylic acids is 2. The molecule has 0 unspecified atom stereocenters. The highest BCUT2D eigenvalue weighted by atomic mass is 32.2. The second-order valence-corrected chi connectivity index (χ2v) is 8.70. The van der Waals surface area contributed by atoms with Crippen LogP contribution in [0.15, 0.2) is 40.1 Å². The van der Waals surface area contributed by atoms with Crippen molar-refractivity contribution < 1.29 is 9.59 Å². The van der Waals surface area contributed by atoms with E-state index in [1.54, 1.807) is 0 Å². The summed E-state index contributed by atoms with van der Waals surface area (Å²) < 4.78 is 0.839. The van der Waals surface area contributed by atoms with Gasteiger partial charge in [0.25, 0.3) is 0 Å². The summed E-state index contributed by atoms with van der Waals surface area (Å²) in [5.74, 6) is 0.517. The Morgan fingerprint density at radius 2 is 1.85 bits per heavy atom. The lowest BCUT2D eigenvalue weighted by atomic mass is 10.1. The van der Waals surface area contributed by atoms with Crippen molar-refractivity contribution in [2.45, 2.75) is 55.3 Å². The highest BCUT2D eigenvalue weighted by molar-refractivity contribution is 8.01. The summed E-state index contributed by atoms with van der Waals surface area (Å²) in [5.41, 5.74) is 1.51. The zero-order valence-electron chi connectivity index (χ0n) is 14.8. The molecule has 26 heavy (non-hydrogen) atoms. The molecule has 6 heteroatoms. The SMILES string of the molecule is O=C(Cc1csc(SCC(=O)c2ccccc2)n1)NC1CCCCCC1. The van der Waals surface area contributed by atoms with Gasteiger partial charge in [-0.25, -0.2) is 4.98 Å². The van der Waals surface area contributed by atoms with E-state index in [2.05, 4.69) is 10.3 Å². The van der Waals surface area contributed by atoms with Gasteiger partial charge in [0.15, 0.2) is 10.1 Å². The fourth-order valence-electron chi connectivity index (χ4n) is 3.14. The number of Topliss-reactive ketones (excluding diaryl/α,β-unsaturated/α-hetero) is 1. The van der Waals surface area contributed by atoms with Gasteiger partial charge in [0, 0.05) is 17.0 Å². The average molecular weight is 389 g/mol. The minimum absolute atomic E-state index is 0.0547. The summed E-state index contributed by atoms with van der Waals surface area (Å²) >= 11 is 2.93. The van der Waals surface area contributed by atoms with E-state index in [1.807, 2.05) is 35.7 Å². The van der Waals surface area contributed by atoms with Crippen LogP contribution in [-0.2, 0) is 11.2 Å². The first-order chi connectivity index (χ1) is 12.7. The van der Waals surface area contributed by atoms with Crippen LogP contribution in [0.5, 0.6) is 0 Å². The molecular weight excluding hydrogens is 364 g/mol. The molecule has 0 aliphatic heterocycles. The molecule has 1 saturated carbocycles. The molecule has 1 amide bonds. The molecule has 1 aromatic carbocycles. The smallest absolute Gasteiger partial charge is 0.226 e. The number of aromatic nitrogens is 1. The quantitative estimate of drug-likeness (QED) is 0.431. The molecule has 0 saturated heterocycles. The molecule has 0 atom stereocenters. The second-order valence-electron chi connectivity index (χ2n) is 6.62. The van der Waals surface area contributed by atoms with E-state index in [0.29, 0.717) is 18.2 Å². The number of benzene rings is 1. The standard InChI is InChI=1S/C20H24N2O2S2/c23-18(15-8-4-3-5-9-15)14-26-20-22-17(13-25-20)12-19(24)21-16-10-6-1-2-7-11-16/h3-5,8-9,13,16H,1-2,6-7,10-12,14H2,(H,21,24). The number of nitrogens with zero attached hydrogens (tertiary/aromatic N) is 1. The molecule has 1 fully saturated rings. The van der Waals surface area contributed by atoms with Crippen molar-refractivity contribution in [1.29, 1.82) is 0 Å². The van der Waals surface area contributed by atoms with Gasteiger partial charge in [-0.15, -0.1) is 11.3 Å². The third-order valence-corrected chi connectivity index (χ3v) is 6.58. The van der Waals surface area contributed by atoms with Crippen LogP contribution in [0.25, 0.3) is 0 Å². The maximum Gasteiger partial charge on any atom is 0.226 e. The van der Waals surface area contributed by atoms with Crippen molar-refractivity contribution in [2.24, 2.45) is 0 Å². The first-order valence-electron chi connectivity index (χ1n) is 9.15. The van der Waals surface area contributed by atoms with E-state index in [4.69, 9.17) is 0 Å². The minimum atomic E-state index is 0.0547. The van der Waals surface area contributed by atoms with Crippen LogP contribution < -0.4 is 5.32 Å². The highest BCUT2D eigenvalue weighted by Crippen LogP contribution is 2.24. The average Bonchev–Trinajstić information content (AvgIpc) is 2.94. The number of carbonyl (C=O) groups is 2. The van der Waals surface area contributed by atoms with Gasteiger partial charge < -0.3 is 5.32 Å². The molecule has 1 aliphatic rings. The van der Waals surface area contributed by atoms with Gasteiger partial charge in [0.1, 0.15) is 0 Å². The van der Waals surface area contributed by atoms with Crippen LogP contribution in [0.2, 0.25) is 0 Å². The summed E-state index contributed by atoms with van der Waals surface area (Å²) in [6.07, 6.45) is 7.47. The molecule has 138 valence electrons. The van der Waals surface area contributed by atoms with Crippen molar-refractivity contribution in [3.8, 4) is 0 Å². The van der Waals surface area contributed by atoms with Crippen molar-refractivity contribution in [3.63, 3.8) is 0 Å². The zero-order chi connectivity index (χ0) is 18.2. The largest absolute Gasteiger partial charge is 0.353 e. The Labute approximate surface area is 162 Å². The van der Waals surface area contributed by atoms with Gasteiger partial charge in [-0.1, -0.05) is 67.8 Å². The van der Waals surface area contributed by atoms with Gasteiger partial charge in [0.05, 0.1) is 17.9 Å². The minimum Gasteiger partial charge on any atom is -0.353 e. The van der Waals surface area contributed by atoms with E-state index in [9.17, 15) is 9.59 Å². The van der Waals surface area contributed by atoms with Crippen molar-refractivity contribution in [3.05, 3.63) is 47.0 Å². The summed E-state index contributed by atoms with van der Waals surface area (Å²) in [7, 11) is 0. The van der Waals surface area contributed by atoms with Crippen LogP contribution >= 0.6 is 23.1 Å². The summed E-state index contributed by atoms with van der Waals surface area (Å²) in [4.78, 5) is 28.9. The number of hydrogen-bond acceptors (Lipinski definition) is 5. The Balaban J connectivity index is 1.45. The molecule has 1 aliphatic carbocycles. The van der Waals surface area contributed by atoms with Gasteiger partial charge in [0.2, 0.25) is 5.91 Å². The third kappa shape index (κ3) is 5.95. The molecule has 0 spiro atoms. The lowest BCUT2D eigenvalue weighted by Crippen LogP contribution is -2.35. The van der Waals surface area contributed by atoms with Crippen LogP contribution in [0, 0.1) is 0 Å². The maximum atomic E-state index is 12.2. The number of amides is 1. The molecule has 1 heterocycles. The Kier molecular flexibility index (Phi) is 7.26. The number of hydrogen-bond donors (Lipinski definition) is 1. The predicted octanol–water partition coefficient (Wildman–Crippen LogP) is 4.50. The number of ketones is 1. The summed E-state index contributed by atoms with van der Waals surface area (Å²) in [6.45, 7) is 0. The van der Waals surface area contributed by atoms with Crippen molar-refractivity contribution >= 4 is 34.8 Å². The van der Waals surface area contributed by atoms with E-state index >= 15 is 0 Å². The molecule has 2 aromatic rings. The Hall–Kier alpha value is -1.66. The molecule has 0 bridgehead atoms. The van der Waals surface area contributed by atoms with E-state index in [-0.39, 0.29) is 11.7 Å². The van der Waals surface area contributed by atoms with Gasteiger partial charge in [-0.2, -0.15) is 0 Å². The van der Waals surface area contributed by atoms with Crippen LogP contribution in [0.3, 0.4) is 0 Å². The zero-order valence-corrected chi connectivity index (χ0v) is 16.4. The van der Waals surface area contributed by atoms with Gasteiger partial charge in [-0.05, 0) is 12.8 Å². The molecule has 3 rings (SSSR count). The predicted molar refractivity (Wildman–Crippen MR) is 107 cm³/mol. The summed E-state index contributed by atoms with van der Waals surface area (Å²) in [5, 5.41) is 5.07. The fourth-order valence-corrected chi connectivity index (χ4v) is 4.88.